The first-order valence-corrected chi connectivity index (χ1v) is 10.9. The van der Waals surface area contributed by atoms with Gasteiger partial charge in [0.25, 0.3) is 5.91 Å². The van der Waals surface area contributed by atoms with Crippen molar-refractivity contribution in [2.75, 3.05) is 0 Å². The maximum Gasteiger partial charge on any atom is 0.328 e. The summed E-state index contributed by atoms with van der Waals surface area (Å²) in [5, 5.41) is 7.36. The van der Waals surface area contributed by atoms with Crippen molar-refractivity contribution >= 4 is 11.9 Å². The number of aromatic nitrogens is 2. The van der Waals surface area contributed by atoms with E-state index in [4.69, 9.17) is 4.74 Å². The number of carbonyl (C=O) groups is 2. The highest BCUT2D eigenvalue weighted by molar-refractivity contribution is 5.96. The summed E-state index contributed by atoms with van der Waals surface area (Å²) >= 11 is 0. The molecule has 3 aromatic rings. The molecule has 0 aliphatic rings. The van der Waals surface area contributed by atoms with E-state index < -0.39 is 12.0 Å². The Morgan fingerprint density at radius 3 is 2.38 bits per heavy atom. The van der Waals surface area contributed by atoms with Gasteiger partial charge in [-0.1, -0.05) is 56.3 Å². The molecule has 6 heteroatoms. The maximum atomic E-state index is 12.9. The van der Waals surface area contributed by atoms with E-state index in [1.165, 1.54) is 0 Å². The number of nitrogens with zero attached hydrogens (tertiary/aromatic N) is 2. The first-order chi connectivity index (χ1) is 15.3. The summed E-state index contributed by atoms with van der Waals surface area (Å²) in [6.45, 7) is 8.75. The largest absolute Gasteiger partial charge is 0.459 e. The molecule has 0 bridgehead atoms. The molecule has 0 fully saturated rings. The van der Waals surface area contributed by atoms with Crippen molar-refractivity contribution in [2.45, 2.75) is 53.3 Å². The van der Waals surface area contributed by atoms with Crippen LogP contribution in [0.15, 0.2) is 60.7 Å². The Labute approximate surface area is 189 Å². The van der Waals surface area contributed by atoms with Crippen LogP contribution in [0.1, 0.15) is 53.1 Å². The molecule has 1 atom stereocenters. The topological polar surface area (TPSA) is 73.2 Å². The van der Waals surface area contributed by atoms with Crippen LogP contribution in [0.2, 0.25) is 0 Å². The molecule has 1 heterocycles. The second-order valence-electron chi connectivity index (χ2n) is 8.53. The average Bonchev–Trinajstić information content (AvgIpc) is 3.08. The summed E-state index contributed by atoms with van der Waals surface area (Å²) in [6.07, 6.45) is 0.505. The molecule has 2 aromatic carbocycles. The van der Waals surface area contributed by atoms with Gasteiger partial charge in [-0.05, 0) is 55.5 Å². The number of aryl methyl sites for hydroxylation is 2. The Kier molecular flexibility index (Phi) is 7.82. The van der Waals surface area contributed by atoms with Crippen LogP contribution in [-0.2, 0) is 22.7 Å². The maximum absolute atomic E-state index is 12.9. The molecule has 1 N–H and O–H groups in total. The van der Waals surface area contributed by atoms with E-state index in [0.29, 0.717) is 18.5 Å². The van der Waals surface area contributed by atoms with Crippen molar-refractivity contribution in [2.24, 2.45) is 5.92 Å². The fourth-order valence-corrected chi connectivity index (χ4v) is 3.58. The van der Waals surface area contributed by atoms with Gasteiger partial charge >= 0.3 is 5.97 Å². The average molecular weight is 434 g/mol. The lowest BCUT2D eigenvalue weighted by atomic mass is 10.0. The Morgan fingerprint density at radius 2 is 1.72 bits per heavy atom. The minimum absolute atomic E-state index is 0.183. The minimum Gasteiger partial charge on any atom is -0.459 e. The molecule has 1 aromatic heterocycles. The standard InChI is InChI=1S/C26H31N3O3/c1-18(2)13-24(26(31)32-17-21-9-6-5-7-10-21)27-25(30)23-12-8-11-22(15-23)16-29-20(4)14-19(3)28-29/h5-12,14-15,18,24H,13,16-17H2,1-4H3,(H,27,30)/t24-/m0/s1. The highest BCUT2D eigenvalue weighted by atomic mass is 16.5. The zero-order valence-corrected chi connectivity index (χ0v) is 19.2. The Bertz CT molecular complexity index is 1060. The van der Waals surface area contributed by atoms with E-state index in [2.05, 4.69) is 10.4 Å². The van der Waals surface area contributed by atoms with Crippen LogP contribution in [0.5, 0.6) is 0 Å². The van der Waals surface area contributed by atoms with Crippen molar-refractivity contribution in [1.29, 1.82) is 0 Å². The summed E-state index contributed by atoms with van der Waals surface area (Å²) < 4.78 is 7.39. The SMILES string of the molecule is Cc1cc(C)n(Cc2cccc(C(=O)N[C@@H](CC(C)C)C(=O)OCc3ccccc3)c2)n1. The van der Waals surface area contributed by atoms with Gasteiger partial charge in [-0.15, -0.1) is 0 Å². The van der Waals surface area contributed by atoms with Gasteiger partial charge in [-0.25, -0.2) is 4.79 Å². The fraction of sp³-hybridized carbons (Fsp3) is 0.346. The van der Waals surface area contributed by atoms with Crippen molar-refractivity contribution in [1.82, 2.24) is 15.1 Å². The number of benzene rings is 2. The third kappa shape index (κ3) is 6.54. The summed E-state index contributed by atoms with van der Waals surface area (Å²) in [5.74, 6) is -0.487. The molecule has 168 valence electrons. The molecule has 0 spiro atoms. The zero-order chi connectivity index (χ0) is 23.1. The predicted octanol–water partition coefficient (Wildman–Crippen LogP) is 4.44. The lowest BCUT2D eigenvalue weighted by Crippen LogP contribution is -2.42. The van der Waals surface area contributed by atoms with Crippen LogP contribution in [0.3, 0.4) is 0 Å². The summed E-state index contributed by atoms with van der Waals surface area (Å²) in [7, 11) is 0. The van der Waals surface area contributed by atoms with Crippen LogP contribution in [-0.4, -0.2) is 27.7 Å². The van der Waals surface area contributed by atoms with Gasteiger partial charge in [-0.3, -0.25) is 9.48 Å². The van der Waals surface area contributed by atoms with Gasteiger partial charge in [0, 0.05) is 11.3 Å². The Morgan fingerprint density at radius 1 is 1.00 bits per heavy atom. The first-order valence-electron chi connectivity index (χ1n) is 10.9. The number of hydrogen-bond donors (Lipinski definition) is 1. The number of ether oxygens (including phenoxy) is 1. The molecule has 32 heavy (non-hydrogen) atoms. The van der Waals surface area contributed by atoms with Gasteiger partial charge in [0.15, 0.2) is 0 Å². The fourth-order valence-electron chi connectivity index (χ4n) is 3.58. The van der Waals surface area contributed by atoms with Crippen molar-refractivity contribution in [3.8, 4) is 0 Å². The molecular formula is C26H31N3O3. The minimum atomic E-state index is -0.703. The van der Waals surface area contributed by atoms with E-state index in [1.807, 2.05) is 87.0 Å². The first kappa shape index (κ1) is 23.3. The third-order valence-corrected chi connectivity index (χ3v) is 5.15. The number of hydrogen-bond acceptors (Lipinski definition) is 4. The Balaban J connectivity index is 1.67. The molecule has 1 amide bonds. The number of carbonyl (C=O) groups excluding carboxylic acids is 2. The van der Waals surface area contributed by atoms with Gasteiger partial charge < -0.3 is 10.1 Å². The quantitative estimate of drug-likeness (QED) is 0.507. The molecule has 0 saturated heterocycles. The van der Waals surface area contributed by atoms with Crippen molar-refractivity contribution in [3.05, 3.63) is 88.7 Å². The smallest absolute Gasteiger partial charge is 0.328 e. The highest BCUT2D eigenvalue weighted by Crippen LogP contribution is 2.13. The lowest BCUT2D eigenvalue weighted by molar-refractivity contribution is -0.147. The van der Waals surface area contributed by atoms with E-state index in [1.54, 1.807) is 6.07 Å². The monoisotopic (exact) mass is 433 g/mol. The van der Waals surface area contributed by atoms with E-state index in [-0.39, 0.29) is 18.4 Å². The molecule has 0 saturated carbocycles. The van der Waals surface area contributed by atoms with Crippen LogP contribution in [0, 0.1) is 19.8 Å². The number of esters is 1. The number of nitrogens with one attached hydrogen (secondary N) is 1. The predicted molar refractivity (Wildman–Crippen MR) is 124 cm³/mol. The van der Waals surface area contributed by atoms with E-state index in [0.717, 1.165) is 22.5 Å². The number of rotatable bonds is 9. The molecule has 3 rings (SSSR count). The van der Waals surface area contributed by atoms with Crippen molar-refractivity contribution in [3.63, 3.8) is 0 Å². The van der Waals surface area contributed by atoms with E-state index >= 15 is 0 Å². The van der Waals surface area contributed by atoms with Gasteiger partial charge in [0.1, 0.15) is 12.6 Å². The number of amides is 1. The zero-order valence-electron chi connectivity index (χ0n) is 19.2. The molecular weight excluding hydrogens is 402 g/mol. The summed E-state index contributed by atoms with van der Waals surface area (Å²) in [6, 6.07) is 18.2. The van der Waals surface area contributed by atoms with Crippen LogP contribution in [0.25, 0.3) is 0 Å². The van der Waals surface area contributed by atoms with Crippen molar-refractivity contribution < 1.29 is 14.3 Å². The van der Waals surface area contributed by atoms with Crippen LogP contribution in [0.4, 0.5) is 0 Å². The summed E-state index contributed by atoms with van der Waals surface area (Å²) in [5.41, 5.74) is 4.41. The normalized spacial score (nSPS) is 11.9. The van der Waals surface area contributed by atoms with E-state index in [9.17, 15) is 9.59 Å². The second kappa shape index (κ2) is 10.8. The molecule has 6 nitrogen and oxygen atoms in total. The molecule has 0 aliphatic carbocycles. The Hall–Kier alpha value is -3.41. The van der Waals surface area contributed by atoms with Gasteiger partial charge in [-0.2, -0.15) is 5.10 Å². The third-order valence-electron chi connectivity index (χ3n) is 5.15. The molecule has 0 unspecified atom stereocenters. The van der Waals surface area contributed by atoms with Gasteiger partial charge in [0.05, 0.1) is 12.2 Å². The highest BCUT2D eigenvalue weighted by Gasteiger charge is 2.24. The van der Waals surface area contributed by atoms with Crippen LogP contribution >= 0.6 is 0 Å². The van der Waals surface area contributed by atoms with Crippen LogP contribution < -0.4 is 5.32 Å². The summed E-state index contributed by atoms with van der Waals surface area (Å²) in [4.78, 5) is 25.7. The van der Waals surface area contributed by atoms with Gasteiger partial charge in [0.2, 0.25) is 0 Å². The molecule has 0 aliphatic heterocycles. The molecule has 0 radical (unpaired) electrons. The lowest BCUT2D eigenvalue weighted by Gasteiger charge is -2.20. The second-order valence-corrected chi connectivity index (χ2v) is 8.53.